The van der Waals surface area contributed by atoms with E-state index in [1.165, 1.54) is 21.1 Å². The molecule has 0 bridgehead atoms. The number of carbonyl (C=O) groups is 1. The lowest BCUT2D eigenvalue weighted by atomic mass is 10.2. The molecule has 0 radical (unpaired) electrons. The van der Waals surface area contributed by atoms with Crippen LogP contribution in [0.3, 0.4) is 0 Å². The molecule has 1 saturated heterocycles. The second-order valence-electron chi connectivity index (χ2n) is 6.13. The van der Waals surface area contributed by atoms with E-state index in [1.807, 2.05) is 50.3 Å². The third kappa shape index (κ3) is 3.86. The molecule has 1 aromatic heterocycles. The lowest BCUT2D eigenvalue weighted by molar-refractivity contribution is 0.183. The molecule has 1 aliphatic heterocycles. The van der Waals surface area contributed by atoms with Gasteiger partial charge in [-0.15, -0.1) is 10.2 Å². The van der Waals surface area contributed by atoms with Gasteiger partial charge < -0.3 is 14.7 Å². The number of allylic oxidation sites excluding steroid dienone is 1. The Hall–Kier alpha value is -2.45. The predicted octanol–water partition coefficient (Wildman–Crippen LogP) is 3.12. The minimum atomic E-state index is -0.921. The number of carbonyl (C=O) groups excluding carboxylic acids is 1. The van der Waals surface area contributed by atoms with E-state index in [4.69, 9.17) is 4.74 Å². The van der Waals surface area contributed by atoms with Crippen LogP contribution in [0.25, 0.3) is 0 Å². The first-order valence-electron chi connectivity index (χ1n) is 8.45. The summed E-state index contributed by atoms with van der Waals surface area (Å²) in [5, 5.41) is 19.4. The quantitative estimate of drug-likeness (QED) is 0.786. The first-order chi connectivity index (χ1) is 12.5. The van der Waals surface area contributed by atoms with E-state index in [-0.39, 0.29) is 12.6 Å². The predicted molar refractivity (Wildman–Crippen MR) is 100 cm³/mol. The summed E-state index contributed by atoms with van der Waals surface area (Å²) >= 11 is 1.24. The van der Waals surface area contributed by atoms with Gasteiger partial charge in [-0.05, 0) is 37.1 Å². The molecule has 1 aromatic carbocycles. The number of benzene rings is 1. The van der Waals surface area contributed by atoms with Crippen molar-refractivity contribution < 1.29 is 14.6 Å². The fourth-order valence-corrected chi connectivity index (χ4v) is 3.52. The number of aromatic nitrogens is 2. The van der Waals surface area contributed by atoms with E-state index >= 15 is 0 Å². The number of hydrogen-bond acceptors (Lipinski definition) is 6. The van der Waals surface area contributed by atoms with Crippen LogP contribution in [0.15, 0.2) is 36.4 Å². The van der Waals surface area contributed by atoms with Crippen LogP contribution in [0.2, 0.25) is 0 Å². The highest BCUT2D eigenvalue weighted by atomic mass is 32.1. The summed E-state index contributed by atoms with van der Waals surface area (Å²) in [5.74, 6) is 0.740. The number of anilines is 1. The normalized spacial score (nSPS) is 18.8. The molecule has 2 heterocycles. The van der Waals surface area contributed by atoms with Crippen molar-refractivity contribution >= 4 is 22.5 Å². The number of rotatable bonds is 6. The summed E-state index contributed by atoms with van der Waals surface area (Å²) < 4.78 is 6.08. The summed E-state index contributed by atoms with van der Waals surface area (Å²) in [4.78, 5) is 14.9. The summed E-state index contributed by atoms with van der Waals surface area (Å²) in [6.07, 6.45) is 3.48. The second kappa shape index (κ2) is 7.84. The second-order valence-corrected chi connectivity index (χ2v) is 7.12. The van der Waals surface area contributed by atoms with Gasteiger partial charge in [0.15, 0.2) is 17.3 Å². The molecule has 0 spiro atoms. The van der Waals surface area contributed by atoms with Crippen LogP contribution in [-0.4, -0.2) is 46.1 Å². The zero-order chi connectivity index (χ0) is 18.7. The van der Waals surface area contributed by atoms with Crippen LogP contribution in [0.4, 0.5) is 9.93 Å². The molecule has 26 heavy (non-hydrogen) atoms. The first-order valence-corrected chi connectivity index (χ1v) is 9.27. The maximum Gasteiger partial charge on any atom is 0.328 e. The monoisotopic (exact) mass is 374 g/mol. The van der Waals surface area contributed by atoms with Crippen molar-refractivity contribution in [2.24, 2.45) is 0 Å². The van der Waals surface area contributed by atoms with Crippen molar-refractivity contribution in [3.05, 3.63) is 47.0 Å². The Bertz CT molecular complexity index is 807. The largest absolute Gasteiger partial charge is 0.479 e. The van der Waals surface area contributed by atoms with Gasteiger partial charge in [0.2, 0.25) is 5.13 Å². The maximum atomic E-state index is 12.2. The first kappa shape index (κ1) is 18.3. The number of ether oxygens (including phenoxy) is 1. The number of hydrogen-bond donors (Lipinski definition) is 1. The average molecular weight is 374 g/mol. The molecule has 3 rings (SSSR count). The van der Waals surface area contributed by atoms with E-state index < -0.39 is 12.3 Å². The Morgan fingerprint density at radius 3 is 2.92 bits per heavy atom. The van der Waals surface area contributed by atoms with Gasteiger partial charge in [-0.25, -0.2) is 9.69 Å². The molecule has 2 amide bonds. The average Bonchev–Trinajstić information content (AvgIpc) is 3.16. The van der Waals surface area contributed by atoms with Gasteiger partial charge in [-0.3, -0.25) is 0 Å². The topological polar surface area (TPSA) is 78.8 Å². The number of aryl methyl sites for hydroxylation is 1. The molecular formula is C18H22N4O3S. The SMILES string of the molecule is CC/C=C/C(Oc1cccc(C)c1)c1nnc(N2C(=O)N(C)CC2O)s1. The third-order valence-corrected chi connectivity index (χ3v) is 4.93. The van der Waals surface area contributed by atoms with Gasteiger partial charge in [0.1, 0.15) is 5.75 Å². The van der Waals surface area contributed by atoms with Crippen LogP contribution in [0, 0.1) is 6.92 Å². The van der Waals surface area contributed by atoms with Gasteiger partial charge >= 0.3 is 6.03 Å². The number of nitrogens with zero attached hydrogens (tertiary/aromatic N) is 4. The van der Waals surface area contributed by atoms with Crippen molar-refractivity contribution in [1.29, 1.82) is 0 Å². The molecule has 1 aliphatic rings. The third-order valence-electron chi connectivity index (χ3n) is 3.95. The summed E-state index contributed by atoms with van der Waals surface area (Å²) in [7, 11) is 1.64. The minimum absolute atomic E-state index is 0.243. The molecular weight excluding hydrogens is 352 g/mol. The van der Waals surface area contributed by atoms with Crippen LogP contribution in [0.5, 0.6) is 5.75 Å². The standard InChI is InChI=1S/C18H22N4O3S/c1-4-5-9-14(25-13-8-6-7-12(2)10-13)16-19-20-17(26-16)22-15(23)11-21(3)18(22)24/h5-10,14-15,23H,4,11H2,1-3H3/b9-5+. The summed E-state index contributed by atoms with van der Waals surface area (Å²) in [6.45, 7) is 4.29. The fourth-order valence-electron chi connectivity index (χ4n) is 2.63. The Balaban J connectivity index is 1.85. The highest BCUT2D eigenvalue weighted by Gasteiger charge is 2.37. The van der Waals surface area contributed by atoms with Gasteiger partial charge in [0.05, 0.1) is 6.54 Å². The molecule has 2 aromatic rings. The molecule has 0 saturated carbocycles. The van der Waals surface area contributed by atoms with Gasteiger partial charge in [-0.1, -0.05) is 36.5 Å². The van der Waals surface area contributed by atoms with E-state index in [0.717, 1.165) is 17.7 Å². The molecule has 8 heteroatoms. The van der Waals surface area contributed by atoms with Crippen LogP contribution >= 0.6 is 11.3 Å². The van der Waals surface area contributed by atoms with Crippen LogP contribution in [-0.2, 0) is 0 Å². The number of amides is 2. The Morgan fingerprint density at radius 2 is 2.27 bits per heavy atom. The molecule has 1 fully saturated rings. The van der Waals surface area contributed by atoms with Crippen molar-refractivity contribution in [3.63, 3.8) is 0 Å². The number of urea groups is 1. The zero-order valence-corrected chi connectivity index (χ0v) is 15.8. The Morgan fingerprint density at radius 1 is 1.46 bits per heavy atom. The summed E-state index contributed by atoms with van der Waals surface area (Å²) in [5.41, 5.74) is 1.10. The van der Waals surface area contributed by atoms with Crippen molar-refractivity contribution in [2.75, 3.05) is 18.5 Å². The Kier molecular flexibility index (Phi) is 5.53. The Labute approximate surface area is 156 Å². The van der Waals surface area contributed by atoms with Gasteiger partial charge in [0, 0.05) is 7.05 Å². The van der Waals surface area contributed by atoms with Crippen molar-refractivity contribution in [1.82, 2.24) is 15.1 Å². The number of aliphatic hydroxyl groups is 1. The highest BCUT2D eigenvalue weighted by Crippen LogP contribution is 2.32. The van der Waals surface area contributed by atoms with Gasteiger partial charge in [0.25, 0.3) is 0 Å². The molecule has 138 valence electrons. The van der Waals surface area contributed by atoms with E-state index in [1.54, 1.807) is 7.05 Å². The highest BCUT2D eigenvalue weighted by molar-refractivity contribution is 7.15. The van der Waals surface area contributed by atoms with E-state index in [2.05, 4.69) is 10.2 Å². The minimum Gasteiger partial charge on any atom is -0.479 e. The summed E-state index contributed by atoms with van der Waals surface area (Å²) in [6, 6.07) is 7.50. The van der Waals surface area contributed by atoms with Crippen LogP contribution < -0.4 is 9.64 Å². The smallest absolute Gasteiger partial charge is 0.328 e. The van der Waals surface area contributed by atoms with Crippen LogP contribution in [0.1, 0.15) is 30.0 Å². The molecule has 7 nitrogen and oxygen atoms in total. The van der Waals surface area contributed by atoms with Crippen molar-refractivity contribution in [2.45, 2.75) is 32.6 Å². The van der Waals surface area contributed by atoms with E-state index in [0.29, 0.717) is 10.1 Å². The fraction of sp³-hybridized carbons (Fsp3) is 0.389. The molecule has 2 unspecified atom stereocenters. The maximum absolute atomic E-state index is 12.2. The molecule has 2 atom stereocenters. The molecule has 0 aliphatic carbocycles. The zero-order valence-electron chi connectivity index (χ0n) is 15.0. The van der Waals surface area contributed by atoms with Crippen molar-refractivity contribution in [3.8, 4) is 5.75 Å². The van der Waals surface area contributed by atoms with E-state index in [9.17, 15) is 9.90 Å². The number of aliphatic hydroxyl groups excluding tert-OH is 1. The lowest BCUT2D eigenvalue weighted by Crippen LogP contribution is -2.34. The molecule has 1 N–H and O–H groups in total. The lowest BCUT2D eigenvalue weighted by Gasteiger charge is -2.15. The van der Waals surface area contributed by atoms with Gasteiger partial charge in [-0.2, -0.15) is 0 Å². The number of β-amino-alcohol motifs (C(OH)–C–C–N with tert-alkyl or cyclic N) is 1. The number of likely N-dealkylation sites (N-methyl/N-ethyl adjacent to an activating group) is 1.